The molecule has 0 bridgehead atoms. The number of halogens is 1. The average Bonchev–Trinajstić information content (AvgIpc) is 2.69. The van der Waals surface area contributed by atoms with E-state index in [0.29, 0.717) is 18.3 Å². The second kappa shape index (κ2) is 13.6. The molecule has 0 aliphatic heterocycles. The van der Waals surface area contributed by atoms with Gasteiger partial charge in [0.1, 0.15) is 5.75 Å². The van der Waals surface area contributed by atoms with Crippen molar-refractivity contribution in [1.29, 1.82) is 0 Å². The van der Waals surface area contributed by atoms with Crippen LogP contribution in [0.15, 0.2) is 29.3 Å². The second-order valence-corrected chi connectivity index (χ2v) is 7.45. The molecule has 1 aliphatic rings. The molecule has 28 heavy (non-hydrogen) atoms. The van der Waals surface area contributed by atoms with Crippen LogP contribution in [0.3, 0.4) is 0 Å². The van der Waals surface area contributed by atoms with Crippen molar-refractivity contribution in [3.8, 4) is 5.75 Å². The lowest BCUT2D eigenvalue weighted by molar-refractivity contribution is -0.119. The highest BCUT2D eigenvalue weighted by Crippen LogP contribution is 2.27. The van der Waals surface area contributed by atoms with E-state index in [-0.39, 0.29) is 30.6 Å². The summed E-state index contributed by atoms with van der Waals surface area (Å²) in [5.74, 6) is 1.86. The van der Waals surface area contributed by atoms with Crippen LogP contribution < -0.4 is 21.1 Å². The highest BCUT2D eigenvalue weighted by molar-refractivity contribution is 14.0. The van der Waals surface area contributed by atoms with Gasteiger partial charge in [-0.05, 0) is 43.4 Å². The second-order valence-electron chi connectivity index (χ2n) is 7.45. The van der Waals surface area contributed by atoms with Gasteiger partial charge in [-0.15, -0.1) is 24.0 Å². The van der Waals surface area contributed by atoms with Gasteiger partial charge in [-0.1, -0.05) is 44.2 Å². The van der Waals surface area contributed by atoms with E-state index in [1.54, 1.807) is 7.05 Å². The third-order valence-electron chi connectivity index (χ3n) is 5.08. The number of nitrogens with zero attached hydrogens (tertiary/aromatic N) is 1. The molecule has 1 aliphatic carbocycles. The van der Waals surface area contributed by atoms with Gasteiger partial charge in [0.05, 0.1) is 0 Å². The quantitative estimate of drug-likeness (QED) is 0.274. The number of carbonyl (C=O) groups excluding carboxylic acids is 1. The highest BCUT2D eigenvalue weighted by Gasteiger charge is 2.15. The summed E-state index contributed by atoms with van der Waals surface area (Å²) in [7, 11) is 1.79. The van der Waals surface area contributed by atoms with E-state index in [1.807, 2.05) is 24.3 Å². The molecule has 1 amide bonds. The smallest absolute Gasteiger partial charge is 0.255 e. The molecule has 1 unspecified atom stereocenters. The van der Waals surface area contributed by atoms with Gasteiger partial charge in [0, 0.05) is 19.6 Å². The summed E-state index contributed by atoms with van der Waals surface area (Å²) < 4.78 is 5.35. The number of guanidine groups is 1. The molecule has 0 spiro atoms. The molecule has 1 aromatic rings. The number of benzene rings is 1. The molecule has 7 heteroatoms. The van der Waals surface area contributed by atoms with Gasteiger partial charge >= 0.3 is 0 Å². The molecule has 1 fully saturated rings. The van der Waals surface area contributed by atoms with Gasteiger partial charge in [0.25, 0.3) is 5.91 Å². The zero-order valence-corrected chi connectivity index (χ0v) is 19.4. The van der Waals surface area contributed by atoms with Crippen LogP contribution >= 0.6 is 24.0 Å². The maximum absolute atomic E-state index is 10.8. The molecule has 1 aromatic carbocycles. The fourth-order valence-corrected chi connectivity index (χ4v) is 3.55. The maximum atomic E-state index is 10.8. The molecule has 4 N–H and O–H groups in total. The summed E-state index contributed by atoms with van der Waals surface area (Å²) in [5.41, 5.74) is 6.16. The van der Waals surface area contributed by atoms with Crippen LogP contribution in [0.4, 0.5) is 0 Å². The molecule has 0 aromatic heterocycles. The third kappa shape index (κ3) is 9.61. The lowest BCUT2D eigenvalue weighted by Crippen LogP contribution is -2.42. The first kappa shape index (κ1) is 24.5. The van der Waals surface area contributed by atoms with Crippen molar-refractivity contribution in [2.75, 3.05) is 13.7 Å². The number of ether oxygens (including phenoxy) is 1. The van der Waals surface area contributed by atoms with E-state index < -0.39 is 5.91 Å². The number of hydrogen-bond donors (Lipinski definition) is 3. The van der Waals surface area contributed by atoms with Crippen LogP contribution in [0.5, 0.6) is 5.75 Å². The summed E-state index contributed by atoms with van der Waals surface area (Å²) in [6, 6.07) is 8.01. The van der Waals surface area contributed by atoms with Crippen molar-refractivity contribution in [3.63, 3.8) is 0 Å². The fraction of sp³-hybridized carbons (Fsp3) is 0.619. The van der Waals surface area contributed by atoms with Gasteiger partial charge in [-0.3, -0.25) is 9.79 Å². The molecular weight excluding hydrogens is 467 g/mol. The highest BCUT2D eigenvalue weighted by atomic mass is 127. The van der Waals surface area contributed by atoms with Crippen LogP contribution in [0.2, 0.25) is 0 Å². The summed E-state index contributed by atoms with van der Waals surface area (Å²) >= 11 is 0. The predicted octanol–water partition coefficient (Wildman–Crippen LogP) is 3.58. The zero-order valence-electron chi connectivity index (χ0n) is 17.1. The van der Waals surface area contributed by atoms with E-state index in [4.69, 9.17) is 10.5 Å². The normalized spacial score (nSPS) is 16.0. The lowest BCUT2D eigenvalue weighted by Gasteiger charge is -2.24. The third-order valence-corrected chi connectivity index (χ3v) is 5.08. The van der Waals surface area contributed by atoms with Gasteiger partial charge in [-0.2, -0.15) is 0 Å². The number of carbonyl (C=O) groups is 1. The first-order valence-electron chi connectivity index (χ1n) is 10.0. The largest absolute Gasteiger partial charge is 0.484 e. The number of hydrogen-bond acceptors (Lipinski definition) is 3. The molecule has 6 nitrogen and oxygen atoms in total. The van der Waals surface area contributed by atoms with Crippen LogP contribution in [-0.2, 0) is 11.3 Å². The van der Waals surface area contributed by atoms with E-state index in [2.05, 4.69) is 22.5 Å². The molecule has 1 atom stereocenters. The van der Waals surface area contributed by atoms with Crippen molar-refractivity contribution in [2.24, 2.45) is 16.6 Å². The predicted molar refractivity (Wildman–Crippen MR) is 125 cm³/mol. The van der Waals surface area contributed by atoms with Crippen LogP contribution in [-0.4, -0.2) is 31.6 Å². The molecule has 0 saturated heterocycles. The van der Waals surface area contributed by atoms with Gasteiger partial charge < -0.3 is 21.1 Å². The van der Waals surface area contributed by atoms with Crippen molar-refractivity contribution in [2.45, 2.75) is 64.5 Å². The minimum absolute atomic E-state index is 0. The number of primary amides is 1. The molecule has 1 saturated carbocycles. The van der Waals surface area contributed by atoms with E-state index in [9.17, 15) is 4.79 Å². The molecule has 158 valence electrons. The Hall–Kier alpha value is -1.51. The van der Waals surface area contributed by atoms with Crippen molar-refractivity contribution in [1.82, 2.24) is 10.6 Å². The summed E-state index contributed by atoms with van der Waals surface area (Å²) in [5, 5.41) is 6.82. The summed E-state index contributed by atoms with van der Waals surface area (Å²) in [6.45, 7) is 2.73. The Labute approximate surface area is 186 Å². The van der Waals surface area contributed by atoms with Crippen LogP contribution in [0.1, 0.15) is 57.4 Å². The first-order chi connectivity index (χ1) is 13.1. The molecule has 0 heterocycles. The minimum Gasteiger partial charge on any atom is -0.484 e. The summed E-state index contributed by atoms with van der Waals surface area (Å²) in [4.78, 5) is 15.2. The monoisotopic (exact) mass is 502 g/mol. The average molecular weight is 502 g/mol. The van der Waals surface area contributed by atoms with E-state index in [0.717, 1.165) is 17.4 Å². The SMILES string of the molecule is CN=C(NCc1cccc(OCC(N)=O)c1)NC(C)CCC1CCCCC1.I. The lowest BCUT2D eigenvalue weighted by atomic mass is 9.85. The Kier molecular flexibility index (Phi) is 11.9. The van der Waals surface area contributed by atoms with E-state index >= 15 is 0 Å². The summed E-state index contributed by atoms with van der Waals surface area (Å²) in [6.07, 6.45) is 9.47. The fourth-order valence-electron chi connectivity index (χ4n) is 3.55. The molecular formula is C21H35IN4O2. The van der Waals surface area contributed by atoms with E-state index in [1.165, 1.54) is 44.9 Å². The Morgan fingerprint density at radius 2 is 2.07 bits per heavy atom. The Morgan fingerprint density at radius 3 is 2.75 bits per heavy atom. The number of aliphatic imine (C=N–C) groups is 1. The minimum atomic E-state index is -0.481. The maximum Gasteiger partial charge on any atom is 0.255 e. The molecule has 0 radical (unpaired) electrons. The molecule has 2 rings (SSSR count). The Morgan fingerprint density at radius 1 is 1.32 bits per heavy atom. The van der Waals surface area contributed by atoms with Crippen molar-refractivity contribution < 1.29 is 9.53 Å². The standard InChI is InChI=1S/C21H34N4O2.HI/c1-16(11-12-17-7-4-3-5-8-17)25-21(23-2)24-14-18-9-6-10-19(13-18)27-15-20(22)26;/h6,9-10,13,16-17H,3-5,7-8,11-12,14-15H2,1-2H3,(H2,22,26)(H2,23,24,25);1H. The number of amides is 1. The Balaban J connectivity index is 0.00000392. The van der Waals surface area contributed by atoms with Crippen LogP contribution in [0, 0.1) is 5.92 Å². The number of nitrogens with two attached hydrogens (primary N) is 1. The number of rotatable bonds is 9. The number of nitrogens with one attached hydrogen (secondary N) is 2. The van der Waals surface area contributed by atoms with Crippen molar-refractivity contribution >= 4 is 35.8 Å². The van der Waals surface area contributed by atoms with Gasteiger partial charge in [0.15, 0.2) is 12.6 Å². The zero-order chi connectivity index (χ0) is 19.5. The van der Waals surface area contributed by atoms with Gasteiger partial charge in [0.2, 0.25) is 0 Å². The van der Waals surface area contributed by atoms with Crippen LogP contribution in [0.25, 0.3) is 0 Å². The Bertz CT molecular complexity index is 618. The van der Waals surface area contributed by atoms with Crippen molar-refractivity contribution in [3.05, 3.63) is 29.8 Å². The van der Waals surface area contributed by atoms with Gasteiger partial charge in [-0.25, -0.2) is 0 Å². The topological polar surface area (TPSA) is 88.7 Å². The first-order valence-corrected chi connectivity index (χ1v) is 10.0.